The number of aromatic nitrogens is 1. The van der Waals surface area contributed by atoms with Gasteiger partial charge < -0.3 is 0 Å². The van der Waals surface area contributed by atoms with E-state index in [0.29, 0.717) is 6.54 Å². The molecule has 8 nitrogen and oxygen atoms in total. The number of pyridine rings is 1. The Morgan fingerprint density at radius 2 is 2.14 bits per heavy atom. The molecule has 0 bridgehead atoms. The van der Waals surface area contributed by atoms with Crippen LogP contribution >= 0.6 is 0 Å². The summed E-state index contributed by atoms with van der Waals surface area (Å²) in [6, 6.07) is 2.96. The van der Waals surface area contributed by atoms with E-state index in [4.69, 9.17) is 5.73 Å². The second-order valence-corrected chi connectivity index (χ2v) is 9.72. The third kappa shape index (κ3) is 4.87. The van der Waals surface area contributed by atoms with E-state index in [1.807, 2.05) is 27.7 Å². The van der Waals surface area contributed by atoms with Crippen LogP contribution in [-0.2, 0) is 0 Å². The molecule has 0 aliphatic heterocycles. The van der Waals surface area contributed by atoms with Crippen molar-refractivity contribution in [1.29, 1.82) is 0 Å². The summed E-state index contributed by atoms with van der Waals surface area (Å²) in [5.41, 5.74) is 4.90. The summed E-state index contributed by atoms with van der Waals surface area (Å²) in [6.45, 7) is 7.89. The van der Waals surface area contributed by atoms with Crippen molar-refractivity contribution in [3.05, 3.63) is 22.2 Å². The zero-order chi connectivity index (χ0) is 17.1. The third-order valence-corrected chi connectivity index (χ3v) is 5.61. The van der Waals surface area contributed by atoms with Gasteiger partial charge in [-0.1, -0.05) is 0 Å². The minimum atomic E-state index is -0.956. The Labute approximate surface area is 135 Å². The molecule has 0 saturated heterocycles. The van der Waals surface area contributed by atoms with Crippen LogP contribution in [0.3, 0.4) is 0 Å². The van der Waals surface area contributed by atoms with Crippen molar-refractivity contribution >= 4 is 37.8 Å². The van der Waals surface area contributed by atoms with E-state index in [9.17, 15) is 20.0 Å². The van der Waals surface area contributed by atoms with Crippen LogP contribution in [-0.4, -0.2) is 53.8 Å². The fourth-order valence-electron chi connectivity index (χ4n) is 1.91. The van der Waals surface area contributed by atoms with E-state index >= 15 is 0 Å². The minimum absolute atomic E-state index is 0.0932. The van der Waals surface area contributed by atoms with Crippen LogP contribution in [0.5, 0.6) is 0 Å². The van der Waals surface area contributed by atoms with Crippen molar-refractivity contribution in [3.8, 4) is 0 Å². The molecule has 0 aliphatic carbocycles. The van der Waals surface area contributed by atoms with Gasteiger partial charge in [-0.15, -0.1) is 0 Å². The average Bonchev–Trinajstić information content (AvgIpc) is 2.33. The van der Waals surface area contributed by atoms with Crippen LogP contribution in [0.25, 0.3) is 0 Å². The van der Waals surface area contributed by atoms with Crippen LogP contribution in [0.1, 0.15) is 27.7 Å². The van der Waals surface area contributed by atoms with E-state index in [1.54, 1.807) is 6.07 Å². The Hall–Kier alpha value is -1.82. The molecule has 3 N–H and O–H groups in total. The molecule has 0 spiro atoms. The summed E-state index contributed by atoms with van der Waals surface area (Å²) in [7, 11) is 0. The summed E-state index contributed by atoms with van der Waals surface area (Å²) in [6.07, 6.45) is -0.956. The van der Waals surface area contributed by atoms with E-state index in [1.165, 1.54) is 11.0 Å². The number of amides is 1. The second kappa shape index (κ2) is 6.96. The molecular formula is C13H21AsN4O4. The molecule has 122 valence electrons. The number of nitrogen functional groups attached to an aromatic ring is 1. The first-order valence-corrected chi connectivity index (χ1v) is 8.96. The van der Waals surface area contributed by atoms with Crippen LogP contribution in [0.2, 0.25) is 4.71 Å². The molecular weight excluding hydrogens is 351 g/mol. The van der Waals surface area contributed by atoms with Crippen molar-refractivity contribution in [2.45, 2.75) is 37.9 Å². The SMILES string of the molecule is CC(CN(C(=O)O)C(C)(C)C)[AsH]c1ccc([N+](=O)[O-])c(N)n1. The Balaban J connectivity index is 2.80. The topological polar surface area (TPSA) is 123 Å². The molecule has 0 fully saturated rings. The van der Waals surface area contributed by atoms with Gasteiger partial charge in [0.25, 0.3) is 0 Å². The molecule has 1 aromatic rings. The molecule has 2 atom stereocenters. The summed E-state index contributed by atoms with van der Waals surface area (Å²) in [5, 5.41) is 20.0. The van der Waals surface area contributed by atoms with Gasteiger partial charge in [0.2, 0.25) is 0 Å². The molecule has 1 heterocycles. The van der Waals surface area contributed by atoms with E-state index in [2.05, 4.69) is 4.98 Å². The van der Waals surface area contributed by atoms with Crippen molar-refractivity contribution < 1.29 is 14.8 Å². The van der Waals surface area contributed by atoms with Gasteiger partial charge in [-0.25, -0.2) is 0 Å². The van der Waals surface area contributed by atoms with Crippen LogP contribution in [0.15, 0.2) is 12.1 Å². The van der Waals surface area contributed by atoms with Gasteiger partial charge in [-0.3, -0.25) is 0 Å². The Morgan fingerprint density at radius 3 is 2.55 bits per heavy atom. The summed E-state index contributed by atoms with van der Waals surface area (Å²) in [5.74, 6) is -0.0932. The molecule has 0 aliphatic rings. The first-order valence-electron chi connectivity index (χ1n) is 6.70. The van der Waals surface area contributed by atoms with E-state index in [0.717, 1.165) is 4.48 Å². The van der Waals surface area contributed by atoms with Gasteiger partial charge >= 0.3 is 135 Å². The molecule has 22 heavy (non-hydrogen) atoms. The zero-order valence-corrected chi connectivity index (χ0v) is 15.1. The maximum atomic E-state index is 11.3. The molecule has 0 radical (unpaired) electrons. The van der Waals surface area contributed by atoms with Crippen LogP contribution < -0.4 is 10.2 Å². The maximum absolute atomic E-state index is 11.3. The molecule has 0 aromatic carbocycles. The van der Waals surface area contributed by atoms with Gasteiger partial charge in [0.1, 0.15) is 0 Å². The average molecular weight is 372 g/mol. The number of nitro groups is 1. The zero-order valence-electron chi connectivity index (χ0n) is 13.0. The van der Waals surface area contributed by atoms with Gasteiger partial charge in [-0.05, 0) is 0 Å². The first kappa shape index (κ1) is 18.2. The quantitative estimate of drug-likeness (QED) is 0.455. The molecule has 1 rings (SSSR count). The number of rotatable bonds is 5. The van der Waals surface area contributed by atoms with Gasteiger partial charge in [0, 0.05) is 0 Å². The Morgan fingerprint density at radius 1 is 1.55 bits per heavy atom. The van der Waals surface area contributed by atoms with E-state index < -0.39 is 32.3 Å². The summed E-state index contributed by atoms with van der Waals surface area (Å²) >= 11 is -0.762. The second-order valence-electron chi connectivity index (χ2n) is 5.97. The van der Waals surface area contributed by atoms with Gasteiger partial charge in [0.05, 0.1) is 0 Å². The predicted molar refractivity (Wildman–Crippen MR) is 86.0 cm³/mol. The van der Waals surface area contributed by atoms with Crippen molar-refractivity contribution in [3.63, 3.8) is 0 Å². The fraction of sp³-hybridized carbons (Fsp3) is 0.538. The Kier molecular flexibility index (Phi) is 5.77. The summed E-state index contributed by atoms with van der Waals surface area (Å²) in [4.78, 5) is 27.0. The van der Waals surface area contributed by atoms with Crippen LogP contribution in [0.4, 0.5) is 16.3 Å². The van der Waals surface area contributed by atoms with Crippen molar-refractivity contribution in [2.75, 3.05) is 12.3 Å². The third-order valence-electron chi connectivity index (χ3n) is 2.99. The standard InChI is InChI=1S/C13H21AsN4O4/c1-8(7-17(12(19)20)13(2,3)4)14-10-6-5-9(18(21)22)11(15)16-10/h5-6,8,14H,7H2,1-4H3,(H2,15,16)(H,19,20). The molecule has 1 amide bonds. The van der Waals surface area contributed by atoms with Crippen molar-refractivity contribution in [1.82, 2.24) is 9.88 Å². The van der Waals surface area contributed by atoms with Gasteiger partial charge in [-0.2, -0.15) is 0 Å². The molecule has 1 aromatic heterocycles. The number of nitrogens with two attached hydrogens (primary N) is 1. The number of hydrogen-bond acceptors (Lipinski definition) is 5. The van der Waals surface area contributed by atoms with E-state index in [-0.39, 0.29) is 16.2 Å². The predicted octanol–water partition coefficient (Wildman–Crippen LogP) is 1.22. The number of carboxylic acid groups (broad SMARTS) is 1. The molecule has 9 heteroatoms. The fourth-order valence-corrected chi connectivity index (χ4v) is 4.31. The van der Waals surface area contributed by atoms with Crippen LogP contribution in [0, 0.1) is 10.1 Å². The number of hydrogen-bond donors (Lipinski definition) is 2. The molecule has 0 saturated carbocycles. The summed E-state index contributed by atoms with van der Waals surface area (Å²) < 4.78 is 0.860. The monoisotopic (exact) mass is 372 g/mol. The normalized spacial score (nSPS) is 13.3. The Bertz CT molecular complexity index is 574. The number of carbonyl (C=O) groups is 1. The number of anilines is 1. The van der Waals surface area contributed by atoms with Gasteiger partial charge in [0.15, 0.2) is 0 Å². The van der Waals surface area contributed by atoms with Crippen molar-refractivity contribution in [2.24, 2.45) is 0 Å². The first-order chi connectivity index (χ1) is 10.0. The number of nitrogens with zero attached hydrogens (tertiary/aromatic N) is 3. The molecule has 2 unspecified atom stereocenters.